The van der Waals surface area contributed by atoms with E-state index >= 15 is 0 Å². The Balaban J connectivity index is 2.74. The average molecular weight is 282 g/mol. The smallest absolute Gasteiger partial charge is 0.164 e. The number of aryl methyl sites for hydroxylation is 1. The maximum atomic E-state index is 6.33. The molecule has 102 valence electrons. The SMILES string of the molecule is COc1cc(Cl)c(-c2cnn(C)c2N)c(C)c1OC. The predicted molar refractivity (Wildman–Crippen MR) is 75.9 cm³/mol. The molecule has 6 heteroatoms. The van der Waals surface area contributed by atoms with Gasteiger partial charge in [-0.15, -0.1) is 0 Å². The number of anilines is 1. The van der Waals surface area contributed by atoms with Crippen molar-refractivity contribution in [2.24, 2.45) is 7.05 Å². The van der Waals surface area contributed by atoms with Crippen molar-refractivity contribution in [1.82, 2.24) is 9.78 Å². The van der Waals surface area contributed by atoms with Crippen LogP contribution in [0.15, 0.2) is 12.3 Å². The molecular weight excluding hydrogens is 266 g/mol. The number of rotatable bonds is 3. The minimum absolute atomic E-state index is 0.551. The van der Waals surface area contributed by atoms with Gasteiger partial charge in [-0.25, -0.2) is 0 Å². The van der Waals surface area contributed by atoms with Gasteiger partial charge in [0.25, 0.3) is 0 Å². The maximum absolute atomic E-state index is 6.33. The summed E-state index contributed by atoms with van der Waals surface area (Å²) < 4.78 is 12.2. The van der Waals surface area contributed by atoms with E-state index in [2.05, 4.69) is 5.10 Å². The third-order valence-corrected chi connectivity index (χ3v) is 3.41. The molecule has 2 N–H and O–H groups in total. The fourth-order valence-electron chi connectivity index (χ4n) is 2.11. The van der Waals surface area contributed by atoms with Gasteiger partial charge in [0.15, 0.2) is 11.5 Å². The van der Waals surface area contributed by atoms with Gasteiger partial charge in [-0.2, -0.15) is 5.10 Å². The van der Waals surface area contributed by atoms with E-state index in [-0.39, 0.29) is 0 Å². The molecule has 0 aliphatic carbocycles. The largest absolute Gasteiger partial charge is 0.493 e. The van der Waals surface area contributed by atoms with Crippen LogP contribution >= 0.6 is 11.6 Å². The van der Waals surface area contributed by atoms with Crippen molar-refractivity contribution in [3.05, 3.63) is 22.8 Å². The fraction of sp³-hybridized carbons (Fsp3) is 0.308. The van der Waals surface area contributed by atoms with Gasteiger partial charge in [0.1, 0.15) is 5.82 Å². The van der Waals surface area contributed by atoms with Crippen molar-refractivity contribution in [2.75, 3.05) is 20.0 Å². The number of aromatic nitrogens is 2. The van der Waals surface area contributed by atoms with Gasteiger partial charge >= 0.3 is 0 Å². The summed E-state index contributed by atoms with van der Waals surface area (Å²) in [4.78, 5) is 0. The molecular formula is C13H16ClN3O2. The highest BCUT2D eigenvalue weighted by atomic mass is 35.5. The van der Waals surface area contributed by atoms with E-state index in [4.69, 9.17) is 26.8 Å². The van der Waals surface area contributed by atoms with E-state index in [0.717, 1.165) is 16.7 Å². The van der Waals surface area contributed by atoms with Crippen LogP contribution in [-0.2, 0) is 7.05 Å². The molecule has 0 spiro atoms. The molecule has 5 nitrogen and oxygen atoms in total. The molecule has 2 aromatic rings. The highest BCUT2D eigenvalue weighted by molar-refractivity contribution is 6.34. The Morgan fingerprint density at radius 3 is 2.47 bits per heavy atom. The van der Waals surface area contributed by atoms with Crippen molar-refractivity contribution in [1.29, 1.82) is 0 Å². The number of halogens is 1. The first kappa shape index (κ1) is 13.5. The number of methoxy groups -OCH3 is 2. The number of hydrogen-bond acceptors (Lipinski definition) is 4. The summed E-state index contributed by atoms with van der Waals surface area (Å²) in [6.07, 6.45) is 1.69. The second-order valence-corrected chi connectivity index (χ2v) is 4.57. The summed E-state index contributed by atoms with van der Waals surface area (Å²) in [5, 5.41) is 4.68. The van der Waals surface area contributed by atoms with Gasteiger partial charge in [0, 0.05) is 29.8 Å². The summed E-state index contributed by atoms with van der Waals surface area (Å²) in [5.41, 5.74) is 8.46. The Labute approximate surface area is 116 Å². The lowest BCUT2D eigenvalue weighted by molar-refractivity contribution is 0.353. The molecule has 0 bridgehead atoms. The zero-order valence-electron chi connectivity index (χ0n) is 11.3. The average Bonchev–Trinajstić information content (AvgIpc) is 2.70. The van der Waals surface area contributed by atoms with Crippen molar-refractivity contribution in [2.45, 2.75) is 6.92 Å². The van der Waals surface area contributed by atoms with Crippen LogP contribution in [0.25, 0.3) is 11.1 Å². The van der Waals surface area contributed by atoms with Crippen molar-refractivity contribution in [3.63, 3.8) is 0 Å². The van der Waals surface area contributed by atoms with Crippen LogP contribution < -0.4 is 15.2 Å². The maximum Gasteiger partial charge on any atom is 0.164 e. The first-order chi connectivity index (χ1) is 9.01. The number of ether oxygens (including phenoxy) is 2. The number of nitrogens with zero attached hydrogens (tertiary/aromatic N) is 2. The van der Waals surface area contributed by atoms with E-state index < -0.39 is 0 Å². The molecule has 0 unspecified atom stereocenters. The normalized spacial score (nSPS) is 10.6. The standard InChI is InChI=1S/C13H16ClN3O2/c1-7-11(8-6-16-17(2)13(8)15)9(14)5-10(18-3)12(7)19-4/h5-6H,15H2,1-4H3. The quantitative estimate of drug-likeness (QED) is 0.939. The van der Waals surface area contributed by atoms with Crippen LogP contribution in [0.4, 0.5) is 5.82 Å². The lowest BCUT2D eigenvalue weighted by Crippen LogP contribution is -2.00. The highest BCUT2D eigenvalue weighted by Crippen LogP contribution is 2.43. The van der Waals surface area contributed by atoms with E-state index in [9.17, 15) is 0 Å². The van der Waals surface area contributed by atoms with Crippen molar-refractivity contribution in [3.8, 4) is 22.6 Å². The van der Waals surface area contributed by atoms with Gasteiger partial charge in [-0.3, -0.25) is 4.68 Å². The van der Waals surface area contributed by atoms with Crippen LogP contribution in [0, 0.1) is 6.92 Å². The summed E-state index contributed by atoms with van der Waals surface area (Å²) in [5.74, 6) is 1.79. The van der Waals surface area contributed by atoms with Crippen LogP contribution in [0.1, 0.15) is 5.56 Å². The van der Waals surface area contributed by atoms with E-state index in [1.165, 1.54) is 0 Å². The highest BCUT2D eigenvalue weighted by Gasteiger charge is 2.20. The first-order valence-corrected chi connectivity index (χ1v) is 6.08. The topological polar surface area (TPSA) is 62.3 Å². The summed E-state index contributed by atoms with van der Waals surface area (Å²) in [6.45, 7) is 1.91. The Kier molecular flexibility index (Phi) is 3.57. The molecule has 19 heavy (non-hydrogen) atoms. The summed E-state index contributed by atoms with van der Waals surface area (Å²) in [6, 6.07) is 1.72. The molecule has 1 heterocycles. The molecule has 0 amide bonds. The molecule has 0 radical (unpaired) electrons. The lowest BCUT2D eigenvalue weighted by atomic mass is 10.0. The van der Waals surface area contributed by atoms with Crippen LogP contribution in [0.5, 0.6) is 11.5 Å². The molecule has 1 aromatic heterocycles. The van der Waals surface area contributed by atoms with Gasteiger partial charge in [-0.1, -0.05) is 11.6 Å². The van der Waals surface area contributed by atoms with Gasteiger partial charge in [0.2, 0.25) is 0 Å². The van der Waals surface area contributed by atoms with Crippen molar-refractivity contribution < 1.29 is 9.47 Å². The summed E-state index contributed by atoms with van der Waals surface area (Å²) >= 11 is 6.33. The third kappa shape index (κ3) is 2.10. The number of nitrogen functional groups attached to an aromatic ring is 1. The molecule has 0 aliphatic rings. The zero-order valence-corrected chi connectivity index (χ0v) is 12.1. The van der Waals surface area contributed by atoms with Crippen LogP contribution in [0.2, 0.25) is 5.02 Å². The van der Waals surface area contributed by atoms with E-state index in [0.29, 0.717) is 22.3 Å². The molecule has 0 fully saturated rings. The number of nitrogens with two attached hydrogens (primary N) is 1. The molecule has 0 saturated heterocycles. The Morgan fingerprint density at radius 2 is 2.00 bits per heavy atom. The predicted octanol–water partition coefficient (Wildman–Crippen LogP) is 2.65. The summed E-state index contributed by atoms with van der Waals surface area (Å²) in [7, 11) is 4.95. The first-order valence-electron chi connectivity index (χ1n) is 5.70. The van der Waals surface area contributed by atoms with Gasteiger partial charge in [-0.05, 0) is 6.92 Å². The second-order valence-electron chi connectivity index (χ2n) is 4.16. The Morgan fingerprint density at radius 1 is 1.32 bits per heavy atom. The van der Waals surface area contributed by atoms with Crippen LogP contribution in [-0.4, -0.2) is 24.0 Å². The minimum Gasteiger partial charge on any atom is -0.493 e. The minimum atomic E-state index is 0.551. The number of hydrogen-bond donors (Lipinski definition) is 1. The van der Waals surface area contributed by atoms with Gasteiger partial charge in [0.05, 0.1) is 25.4 Å². The second kappa shape index (κ2) is 5.01. The van der Waals surface area contributed by atoms with Gasteiger partial charge < -0.3 is 15.2 Å². The fourth-order valence-corrected chi connectivity index (χ4v) is 2.45. The van der Waals surface area contributed by atoms with Crippen LogP contribution in [0.3, 0.4) is 0 Å². The lowest BCUT2D eigenvalue weighted by Gasteiger charge is -2.15. The zero-order chi connectivity index (χ0) is 14.2. The van der Waals surface area contributed by atoms with Crippen molar-refractivity contribution >= 4 is 17.4 Å². The molecule has 0 atom stereocenters. The molecule has 0 aliphatic heterocycles. The Hall–Kier alpha value is -1.88. The Bertz CT molecular complexity index is 623. The molecule has 0 saturated carbocycles. The molecule has 1 aromatic carbocycles. The van der Waals surface area contributed by atoms with E-state index in [1.807, 2.05) is 6.92 Å². The third-order valence-electron chi connectivity index (χ3n) is 3.11. The number of benzene rings is 1. The van der Waals surface area contributed by atoms with E-state index in [1.54, 1.807) is 38.2 Å². The monoisotopic (exact) mass is 281 g/mol. The molecule has 2 rings (SSSR count).